The topological polar surface area (TPSA) is 105 Å². The van der Waals surface area contributed by atoms with E-state index in [9.17, 15) is 19.1 Å². The minimum Gasteiger partial charge on any atom is -0.478 e. The summed E-state index contributed by atoms with van der Waals surface area (Å²) >= 11 is 0. The Morgan fingerprint density at radius 3 is 2.50 bits per heavy atom. The largest absolute Gasteiger partial charge is 0.478 e. The summed E-state index contributed by atoms with van der Waals surface area (Å²) in [6, 6.07) is 14.8. The Bertz CT molecular complexity index is 1240. The number of carbonyl (C=O) groups is 2. The number of nitrogens with one attached hydrogen (secondary N) is 1. The molecule has 148 valence electrons. The summed E-state index contributed by atoms with van der Waals surface area (Å²) in [5.74, 6) is -2.38. The zero-order chi connectivity index (χ0) is 21.1. The molecule has 1 amide bonds. The fraction of sp³-hybridized carbons (Fsp3) is 0. The van der Waals surface area contributed by atoms with Crippen LogP contribution in [0.15, 0.2) is 77.6 Å². The number of anilines is 1. The van der Waals surface area contributed by atoms with Crippen molar-refractivity contribution >= 4 is 17.8 Å². The molecule has 0 unspecified atom stereocenters. The van der Waals surface area contributed by atoms with Gasteiger partial charge in [0, 0.05) is 29.1 Å². The number of carboxylic acid groups (broad SMARTS) is 1. The summed E-state index contributed by atoms with van der Waals surface area (Å²) in [5.41, 5.74) is 1.65. The van der Waals surface area contributed by atoms with Gasteiger partial charge in [0.15, 0.2) is 0 Å². The van der Waals surface area contributed by atoms with Crippen LogP contribution < -0.4 is 5.32 Å². The summed E-state index contributed by atoms with van der Waals surface area (Å²) < 4.78 is 18.9. The van der Waals surface area contributed by atoms with Crippen LogP contribution in [0.3, 0.4) is 0 Å². The van der Waals surface area contributed by atoms with Gasteiger partial charge in [0.1, 0.15) is 11.5 Å². The fourth-order valence-electron chi connectivity index (χ4n) is 3.02. The standard InChI is InChI=1S/C22H14FN3O4/c23-15-5-3-4-14(12-15)20(27)25-21-18(16-6-1-2-7-17(16)22(28)29)19(26-30-21)13-8-10-24-11-9-13/h1-12H,(H,25,27)(H,28,29). The SMILES string of the molecule is O=C(Nc1onc(-c2ccncc2)c1-c1ccccc1C(=O)O)c1cccc(F)c1. The molecule has 0 aliphatic heterocycles. The second kappa shape index (κ2) is 7.96. The van der Waals surface area contributed by atoms with Crippen LogP contribution in [0.4, 0.5) is 10.3 Å². The third-order valence-corrected chi connectivity index (χ3v) is 4.39. The summed E-state index contributed by atoms with van der Waals surface area (Å²) in [5, 5.41) is 16.2. The van der Waals surface area contributed by atoms with E-state index >= 15 is 0 Å². The third-order valence-electron chi connectivity index (χ3n) is 4.39. The second-order valence-electron chi connectivity index (χ2n) is 6.29. The van der Waals surface area contributed by atoms with Gasteiger partial charge in [0.25, 0.3) is 5.91 Å². The van der Waals surface area contributed by atoms with Crippen molar-refractivity contribution in [1.82, 2.24) is 10.1 Å². The van der Waals surface area contributed by atoms with Crippen molar-refractivity contribution in [3.05, 3.63) is 90.0 Å². The van der Waals surface area contributed by atoms with Crippen LogP contribution in [-0.4, -0.2) is 27.1 Å². The fourth-order valence-corrected chi connectivity index (χ4v) is 3.02. The maximum atomic E-state index is 13.5. The highest BCUT2D eigenvalue weighted by Crippen LogP contribution is 2.39. The Labute approximate surface area is 169 Å². The van der Waals surface area contributed by atoms with E-state index < -0.39 is 17.7 Å². The lowest BCUT2D eigenvalue weighted by molar-refractivity contribution is 0.0697. The van der Waals surface area contributed by atoms with Crippen LogP contribution in [0.1, 0.15) is 20.7 Å². The maximum Gasteiger partial charge on any atom is 0.336 e. The van der Waals surface area contributed by atoms with Gasteiger partial charge in [0.05, 0.1) is 11.1 Å². The van der Waals surface area contributed by atoms with Crippen molar-refractivity contribution in [2.75, 3.05) is 5.32 Å². The van der Waals surface area contributed by atoms with Gasteiger partial charge in [-0.25, -0.2) is 9.18 Å². The molecule has 0 fully saturated rings. The number of hydrogen-bond donors (Lipinski definition) is 2. The molecule has 2 aromatic heterocycles. The Morgan fingerprint density at radius 2 is 1.77 bits per heavy atom. The molecule has 0 bridgehead atoms. The molecular formula is C22H14FN3O4. The van der Waals surface area contributed by atoms with Crippen molar-refractivity contribution in [3.63, 3.8) is 0 Å². The molecule has 2 heterocycles. The molecule has 4 aromatic rings. The van der Waals surface area contributed by atoms with Crippen molar-refractivity contribution in [3.8, 4) is 22.4 Å². The van der Waals surface area contributed by atoms with Crippen LogP contribution in [0.25, 0.3) is 22.4 Å². The second-order valence-corrected chi connectivity index (χ2v) is 6.29. The predicted octanol–water partition coefficient (Wildman–Crippen LogP) is 4.49. The van der Waals surface area contributed by atoms with E-state index in [1.165, 1.54) is 24.3 Å². The van der Waals surface area contributed by atoms with Gasteiger partial charge in [-0.2, -0.15) is 0 Å². The van der Waals surface area contributed by atoms with Crippen LogP contribution in [0.5, 0.6) is 0 Å². The molecule has 0 radical (unpaired) electrons. The Balaban J connectivity index is 1.85. The lowest BCUT2D eigenvalue weighted by atomic mass is 9.97. The van der Waals surface area contributed by atoms with Crippen LogP contribution in [-0.2, 0) is 0 Å². The first kappa shape index (κ1) is 19.0. The predicted molar refractivity (Wildman–Crippen MR) is 106 cm³/mol. The zero-order valence-corrected chi connectivity index (χ0v) is 15.4. The van der Waals surface area contributed by atoms with Crippen LogP contribution in [0.2, 0.25) is 0 Å². The molecule has 0 saturated heterocycles. The highest BCUT2D eigenvalue weighted by molar-refractivity contribution is 6.08. The lowest BCUT2D eigenvalue weighted by Crippen LogP contribution is -2.12. The molecule has 2 N–H and O–H groups in total. The monoisotopic (exact) mass is 403 g/mol. The van der Waals surface area contributed by atoms with Gasteiger partial charge < -0.3 is 9.63 Å². The van der Waals surface area contributed by atoms with Gasteiger partial charge in [-0.3, -0.25) is 15.1 Å². The van der Waals surface area contributed by atoms with Gasteiger partial charge in [-0.05, 0) is 36.4 Å². The first-order chi connectivity index (χ1) is 14.5. The molecule has 4 rings (SSSR count). The first-order valence-electron chi connectivity index (χ1n) is 8.84. The lowest BCUT2D eigenvalue weighted by Gasteiger charge is -2.09. The average Bonchev–Trinajstić information content (AvgIpc) is 3.17. The average molecular weight is 403 g/mol. The molecule has 0 aliphatic rings. The minimum absolute atomic E-state index is 0.0114. The Morgan fingerprint density at radius 1 is 1.00 bits per heavy atom. The Hall–Kier alpha value is -4.33. The number of nitrogens with zero attached hydrogens (tertiary/aromatic N) is 2. The van der Waals surface area contributed by atoms with E-state index in [-0.39, 0.29) is 17.0 Å². The summed E-state index contributed by atoms with van der Waals surface area (Å²) in [6.07, 6.45) is 3.11. The van der Waals surface area contributed by atoms with Gasteiger partial charge in [-0.15, -0.1) is 0 Å². The van der Waals surface area contributed by atoms with Crippen molar-refractivity contribution in [2.24, 2.45) is 0 Å². The van der Waals surface area contributed by atoms with E-state index in [0.717, 1.165) is 6.07 Å². The maximum absolute atomic E-state index is 13.5. The first-order valence-corrected chi connectivity index (χ1v) is 8.84. The number of carboxylic acids is 1. The number of pyridine rings is 1. The number of rotatable bonds is 5. The van der Waals surface area contributed by atoms with Gasteiger partial charge in [0.2, 0.25) is 5.88 Å². The van der Waals surface area contributed by atoms with E-state index in [2.05, 4.69) is 15.5 Å². The minimum atomic E-state index is -1.14. The van der Waals surface area contributed by atoms with Crippen molar-refractivity contribution in [1.29, 1.82) is 0 Å². The molecule has 30 heavy (non-hydrogen) atoms. The highest BCUT2D eigenvalue weighted by atomic mass is 19.1. The van der Waals surface area contributed by atoms with Crippen molar-refractivity contribution in [2.45, 2.75) is 0 Å². The van der Waals surface area contributed by atoms with E-state index in [1.54, 1.807) is 42.7 Å². The molecule has 7 nitrogen and oxygen atoms in total. The summed E-state index contributed by atoms with van der Waals surface area (Å²) in [4.78, 5) is 28.4. The zero-order valence-electron chi connectivity index (χ0n) is 15.4. The molecule has 0 spiro atoms. The smallest absolute Gasteiger partial charge is 0.336 e. The molecule has 2 aromatic carbocycles. The Kier molecular flexibility index (Phi) is 5.04. The quantitative estimate of drug-likeness (QED) is 0.509. The highest BCUT2D eigenvalue weighted by Gasteiger charge is 2.25. The van der Waals surface area contributed by atoms with E-state index in [4.69, 9.17) is 4.52 Å². The molecule has 0 aliphatic carbocycles. The number of hydrogen-bond acceptors (Lipinski definition) is 5. The normalized spacial score (nSPS) is 10.6. The van der Waals surface area contributed by atoms with Crippen LogP contribution in [0, 0.1) is 5.82 Å². The number of amides is 1. The number of benzene rings is 2. The summed E-state index contributed by atoms with van der Waals surface area (Å²) in [6.45, 7) is 0. The number of aromatic nitrogens is 2. The van der Waals surface area contributed by atoms with Gasteiger partial charge >= 0.3 is 5.97 Å². The molecule has 8 heteroatoms. The summed E-state index contributed by atoms with van der Waals surface area (Å²) in [7, 11) is 0. The van der Waals surface area contributed by atoms with Crippen LogP contribution >= 0.6 is 0 Å². The number of halogens is 1. The van der Waals surface area contributed by atoms with E-state index in [0.29, 0.717) is 22.4 Å². The third kappa shape index (κ3) is 3.66. The molecule has 0 atom stereocenters. The molecule has 0 saturated carbocycles. The number of aromatic carboxylic acids is 1. The molecular weight excluding hydrogens is 389 g/mol. The van der Waals surface area contributed by atoms with E-state index in [1.807, 2.05) is 0 Å². The number of carbonyl (C=O) groups excluding carboxylic acids is 1. The van der Waals surface area contributed by atoms with Crippen molar-refractivity contribution < 1.29 is 23.6 Å². The van der Waals surface area contributed by atoms with Gasteiger partial charge in [-0.1, -0.05) is 29.4 Å².